The molecule has 0 aromatic heterocycles. The van der Waals surface area contributed by atoms with E-state index in [9.17, 15) is 10.1 Å². The predicted octanol–water partition coefficient (Wildman–Crippen LogP) is 2.33. The molecule has 1 aromatic carbocycles. The lowest BCUT2D eigenvalue weighted by atomic mass is 9.97. The zero-order valence-corrected chi connectivity index (χ0v) is 12.3. The average molecular weight is 277 g/mol. The summed E-state index contributed by atoms with van der Waals surface area (Å²) in [7, 11) is 2.10. The molecule has 0 spiro atoms. The van der Waals surface area contributed by atoms with Gasteiger partial charge in [-0.2, -0.15) is 0 Å². The first-order chi connectivity index (χ1) is 9.58. The zero-order chi connectivity index (χ0) is 14.5. The third-order valence-corrected chi connectivity index (χ3v) is 4.08. The van der Waals surface area contributed by atoms with E-state index in [0.717, 1.165) is 43.2 Å². The third-order valence-electron chi connectivity index (χ3n) is 4.08. The van der Waals surface area contributed by atoms with Crippen molar-refractivity contribution in [1.82, 2.24) is 10.2 Å². The highest BCUT2D eigenvalue weighted by Gasteiger charge is 2.17. The Balaban J connectivity index is 1.98. The van der Waals surface area contributed by atoms with Crippen LogP contribution < -0.4 is 5.32 Å². The summed E-state index contributed by atoms with van der Waals surface area (Å²) in [5.41, 5.74) is 2.06. The van der Waals surface area contributed by atoms with Crippen LogP contribution in [0.4, 0.5) is 5.69 Å². The number of nitrogens with one attached hydrogen (secondary N) is 1. The molecule has 0 radical (unpaired) electrons. The van der Waals surface area contributed by atoms with Gasteiger partial charge in [0.15, 0.2) is 0 Å². The fourth-order valence-corrected chi connectivity index (χ4v) is 2.90. The Morgan fingerprint density at radius 2 is 2.10 bits per heavy atom. The third kappa shape index (κ3) is 3.77. The van der Waals surface area contributed by atoms with Crippen LogP contribution in [0.3, 0.4) is 0 Å². The van der Waals surface area contributed by atoms with Gasteiger partial charge >= 0.3 is 0 Å². The lowest BCUT2D eigenvalue weighted by molar-refractivity contribution is -0.385. The second-order valence-corrected chi connectivity index (χ2v) is 5.71. The van der Waals surface area contributed by atoms with Crippen molar-refractivity contribution in [1.29, 1.82) is 0 Å². The largest absolute Gasteiger partial charge is 0.317 e. The molecule has 1 saturated heterocycles. The molecule has 0 atom stereocenters. The Bertz CT molecular complexity index is 470. The fourth-order valence-electron chi connectivity index (χ4n) is 2.90. The lowest BCUT2D eigenvalue weighted by Gasteiger charge is -2.27. The Hall–Kier alpha value is -1.46. The summed E-state index contributed by atoms with van der Waals surface area (Å²) in [6.07, 6.45) is 2.44. The maximum absolute atomic E-state index is 11.0. The second kappa shape index (κ2) is 6.81. The van der Waals surface area contributed by atoms with Crippen molar-refractivity contribution in [3.8, 4) is 0 Å². The van der Waals surface area contributed by atoms with Gasteiger partial charge < -0.3 is 10.2 Å². The molecule has 1 fully saturated rings. The Kier molecular flexibility index (Phi) is 5.09. The number of benzene rings is 1. The molecule has 20 heavy (non-hydrogen) atoms. The van der Waals surface area contributed by atoms with Gasteiger partial charge in [-0.3, -0.25) is 10.1 Å². The van der Waals surface area contributed by atoms with E-state index in [1.807, 2.05) is 13.0 Å². The van der Waals surface area contributed by atoms with Gasteiger partial charge in [-0.1, -0.05) is 12.1 Å². The monoisotopic (exact) mass is 277 g/mol. The minimum absolute atomic E-state index is 0.220. The number of rotatable bonds is 5. The second-order valence-electron chi connectivity index (χ2n) is 5.71. The molecule has 1 aliphatic rings. The normalized spacial score (nSPS) is 16.6. The minimum Gasteiger partial charge on any atom is -0.317 e. The van der Waals surface area contributed by atoms with E-state index in [1.54, 1.807) is 12.1 Å². The summed E-state index contributed by atoms with van der Waals surface area (Å²) in [5.74, 6) is 0.736. The quantitative estimate of drug-likeness (QED) is 0.663. The van der Waals surface area contributed by atoms with Crippen LogP contribution in [-0.4, -0.2) is 36.5 Å². The molecule has 1 aromatic rings. The van der Waals surface area contributed by atoms with Crippen LogP contribution in [0.25, 0.3) is 0 Å². The molecular formula is C15H23N3O2. The van der Waals surface area contributed by atoms with Crippen molar-refractivity contribution in [2.75, 3.05) is 26.7 Å². The highest BCUT2D eigenvalue weighted by molar-refractivity contribution is 5.44. The van der Waals surface area contributed by atoms with Gasteiger partial charge in [-0.25, -0.2) is 0 Å². The van der Waals surface area contributed by atoms with Crippen molar-refractivity contribution in [3.05, 3.63) is 39.4 Å². The van der Waals surface area contributed by atoms with Crippen molar-refractivity contribution >= 4 is 5.69 Å². The molecule has 0 saturated carbocycles. The number of piperidine rings is 1. The van der Waals surface area contributed by atoms with E-state index in [0.29, 0.717) is 0 Å². The molecule has 1 aliphatic heterocycles. The van der Waals surface area contributed by atoms with Crippen molar-refractivity contribution in [2.45, 2.75) is 26.3 Å². The molecule has 0 amide bonds. The van der Waals surface area contributed by atoms with Gasteiger partial charge in [0, 0.05) is 24.7 Å². The lowest BCUT2D eigenvalue weighted by Crippen LogP contribution is -2.34. The van der Waals surface area contributed by atoms with Gasteiger partial charge in [0.25, 0.3) is 5.69 Å². The molecule has 2 rings (SSSR count). The highest BCUT2D eigenvalue weighted by atomic mass is 16.6. The number of nitro groups is 1. The molecule has 5 nitrogen and oxygen atoms in total. The molecule has 0 unspecified atom stereocenters. The molecule has 0 aliphatic carbocycles. The topological polar surface area (TPSA) is 58.4 Å². The van der Waals surface area contributed by atoms with Crippen LogP contribution in [0, 0.1) is 23.0 Å². The predicted molar refractivity (Wildman–Crippen MR) is 79.8 cm³/mol. The first-order valence-corrected chi connectivity index (χ1v) is 7.20. The first-order valence-electron chi connectivity index (χ1n) is 7.20. The molecule has 110 valence electrons. The molecule has 1 N–H and O–H groups in total. The van der Waals surface area contributed by atoms with Gasteiger partial charge in [0.1, 0.15) is 0 Å². The Morgan fingerprint density at radius 1 is 1.40 bits per heavy atom. The van der Waals surface area contributed by atoms with E-state index in [2.05, 4.69) is 17.3 Å². The molecular weight excluding hydrogens is 254 g/mol. The van der Waals surface area contributed by atoms with E-state index >= 15 is 0 Å². The van der Waals surface area contributed by atoms with Crippen LogP contribution >= 0.6 is 0 Å². The van der Waals surface area contributed by atoms with Crippen LogP contribution in [0.2, 0.25) is 0 Å². The summed E-state index contributed by atoms with van der Waals surface area (Å²) in [5, 5.41) is 14.3. The van der Waals surface area contributed by atoms with Crippen LogP contribution in [-0.2, 0) is 6.54 Å². The number of hydrogen-bond donors (Lipinski definition) is 1. The number of hydrogen-bond acceptors (Lipinski definition) is 4. The number of nitro benzene ring substituents is 1. The van der Waals surface area contributed by atoms with E-state index < -0.39 is 0 Å². The van der Waals surface area contributed by atoms with Gasteiger partial charge in [0.05, 0.1) is 4.92 Å². The molecule has 5 heteroatoms. The summed E-state index contributed by atoms with van der Waals surface area (Å²) in [6, 6.07) is 5.34. The van der Waals surface area contributed by atoms with Crippen LogP contribution in [0.15, 0.2) is 18.2 Å². The summed E-state index contributed by atoms with van der Waals surface area (Å²) in [4.78, 5) is 12.9. The van der Waals surface area contributed by atoms with Crippen molar-refractivity contribution in [2.24, 2.45) is 5.92 Å². The highest BCUT2D eigenvalue weighted by Crippen LogP contribution is 2.22. The molecule has 0 bridgehead atoms. The van der Waals surface area contributed by atoms with Crippen LogP contribution in [0.5, 0.6) is 0 Å². The zero-order valence-electron chi connectivity index (χ0n) is 12.3. The summed E-state index contributed by atoms with van der Waals surface area (Å²) < 4.78 is 0. The Labute approximate surface area is 120 Å². The Morgan fingerprint density at radius 3 is 2.75 bits per heavy atom. The minimum atomic E-state index is -0.300. The van der Waals surface area contributed by atoms with E-state index in [1.165, 1.54) is 12.8 Å². The maximum Gasteiger partial charge on any atom is 0.272 e. The van der Waals surface area contributed by atoms with Gasteiger partial charge in [0.2, 0.25) is 0 Å². The van der Waals surface area contributed by atoms with Crippen molar-refractivity contribution < 1.29 is 4.92 Å². The van der Waals surface area contributed by atoms with E-state index in [4.69, 9.17) is 0 Å². The fraction of sp³-hybridized carbons (Fsp3) is 0.600. The van der Waals surface area contributed by atoms with Crippen LogP contribution in [0.1, 0.15) is 24.0 Å². The summed E-state index contributed by atoms with van der Waals surface area (Å²) >= 11 is 0. The van der Waals surface area contributed by atoms with Crippen molar-refractivity contribution in [3.63, 3.8) is 0 Å². The first kappa shape index (κ1) is 14.9. The average Bonchev–Trinajstić information content (AvgIpc) is 2.42. The number of nitrogens with zero attached hydrogens (tertiary/aromatic N) is 2. The molecule has 1 heterocycles. The SMILES string of the molecule is Cc1c(CN(C)CC2CCNCC2)cccc1[N+](=O)[O-]. The summed E-state index contributed by atoms with van der Waals surface area (Å²) in [6.45, 7) is 5.88. The van der Waals surface area contributed by atoms with E-state index in [-0.39, 0.29) is 10.6 Å². The smallest absolute Gasteiger partial charge is 0.272 e. The van der Waals surface area contributed by atoms with Gasteiger partial charge in [-0.05, 0) is 51.4 Å². The standard InChI is InChI=1S/C15H23N3O2/c1-12-14(4-3-5-15(12)18(19)20)11-17(2)10-13-6-8-16-9-7-13/h3-5,13,16H,6-11H2,1-2H3. The maximum atomic E-state index is 11.0. The van der Waals surface area contributed by atoms with Gasteiger partial charge in [-0.15, -0.1) is 0 Å².